The van der Waals surface area contributed by atoms with Crippen LogP contribution in [0.4, 0.5) is 0 Å². The zero-order chi connectivity index (χ0) is 15.0. The highest BCUT2D eigenvalue weighted by molar-refractivity contribution is 9.10. The van der Waals surface area contributed by atoms with E-state index in [1.165, 1.54) is 13.0 Å². The summed E-state index contributed by atoms with van der Waals surface area (Å²) in [7, 11) is 0. The number of phenolic OH excluding ortho intramolecular Hbond substituents is 1. The van der Waals surface area contributed by atoms with Crippen molar-refractivity contribution in [3.05, 3.63) is 27.7 Å². The van der Waals surface area contributed by atoms with E-state index in [0.29, 0.717) is 10.0 Å². The molecule has 19 heavy (non-hydrogen) atoms. The fourth-order valence-electron chi connectivity index (χ4n) is 2.06. The van der Waals surface area contributed by atoms with E-state index in [2.05, 4.69) is 15.9 Å². The Morgan fingerprint density at radius 3 is 2.21 bits per heavy atom. The number of aryl methyl sites for hydroxylation is 1. The van der Waals surface area contributed by atoms with E-state index in [1.54, 1.807) is 33.8 Å². The first-order valence-electron chi connectivity index (χ1n) is 5.91. The Bertz CT molecular complexity index is 505. The third kappa shape index (κ3) is 3.28. The van der Waals surface area contributed by atoms with Crippen molar-refractivity contribution < 1.29 is 19.7 Å². The summed E-state index contributed by atoms with van der Waals surface area (Å²) in [5.41, 5.74) is -1.02. The molecule has 0 aliphatic rings. The lowest BCUT2D eigenvalue weighted by atomic mass is 9.90. The lowest BCUT2D eigenvalue weighted by Gasteiger charge is -2.35. The van der Waals surface area contributed by atoms with E-state index in [0.717, 1.165) is 5.56 Å². The molecule has 106 valence electrons. The summed E-state index contributed by atoms with van der Waals surface area (Å²) >= 11 is 3.25. The first-order valence-corrected chi connectivity index (χ1v) is 6.70. The SMILES string of the molecule is Cc1ccc(O)c(Br)c1C(C)(OC(C)(C)C)C(=O)O. The number of hydrogen-bond donors (Lipinski definition) is 2. The highest BCUT2D eigenvalue weighted by atomic mass is 79.9. The maximum Gasteiger partial charge on any atom is 0.340 e. The zero-order valence-electron chi connectivity index (χ0n) is 11.7. The highest BCUT2D eigenvalue weighted by Crippen LogP contribution is 2.41. The molecule has 0 radical (unpaired) electrons. The van der Waals surface area contributed by atoms with Gasteiger partial charge in [0, 0.05) is 5.56 Å². The van der Waals surface area contributed by atoms with Crippen LogP contribution in [0.1, 0.15) is 38.8 Å². The van der Waals surface area contributed by atoms with Gasteiger partial charge in [-0.15, -0.1) is 0 Å². The number of carboxylic acid groups (broad SMARTS) is 1. The number of ether oxygens (including phenoxy) is 1. The molecule has 0 amide bonds. The van der Waals surface area contributed by atoms with Gasteiger partial charge >= 0.3 is 5.97 Å². The number of benzene rings is 1. The molecule has 5 heteroatoms. The van der Waals surface area contributed by atoms with Crippen LogP contribution in [0.5, 0.6) is 5.75 Å². The first-order chi connectivity index (χ1) is 8.49. The van der Waals surface area contributed by atoms with Crippen LogP contribution in [0.25, 0.3) is 0 Å². The molecule has 0 bridgehead atoms. The molecule has 0 aliphatic carbocycles. The summed E-state index contributed by atoms with van der Waals surface area (Å²) in [6.45, 7) is 8.65. The Labute approximate surface area is 121 Å². The largest absolute Gasteiger partial charge is 0.507 e. The van der Waals surface area contributed by atoms with Gasteiger partial charge in [0.25, 0.3) is 0 Å². The molecule has 1 aromatic carbocycles. The molecule has 0 heterocycles. The third-order valence-corrected chi connectivity index (χ3v) is 3.53. The van der Waals surface area contributed by atoms with Crippen LogP contribution in [0.2, 0.25) is 0 Å². The van der Waals surface area contributed by atoms with Gasteiger partial charge in [0.1, 0.15) is 5.75 Å². The van der Waals surface area contributed by atoms with Crippen LogP contribution in [0.15, 0.2) is 16.6 Å². The summed E-state index contributed by atoms with van der Waals surface area (Å²) in [6.07, 6.45) is 0. The van der Waals surface area contributed by atoms with Gasteiger partial charge in [0.15, 0.2) is 5.60 Å². The van der Waals surface area contributed by atoms with Gasteiger partial charge < -0.3 is 14.9 Å². The summed E-state index contributed by atoms with van der Waals surface area (Å²) in [4.78, 5) is 11.7. The molecule has 0 fully saturated rings. The van der Waals surface area contributed by atoms with Gasteiger partial charge in [-0.3, -0.25) is 0 Å². The Morgan fingerprint density at radius 2 is 1.79 bits per heavy atom. The minimum Gasteiger partial charge on any atom is -0.507 e. The van der Waals surface area contributed by atoms with Crippen LogP contribution < -0.4 is 0 Å². The smallest absolute Gasteiger partial charge is 0.340 e. The molecule has 0 spiro atoms. The van der Waals surface area contributed by atoms with Crippen LogP contribution in [-0.4, -0.2) is 21.8 Å². The fraction of sp³-hybridized carbons (Fsp3) is 0.500. The van der Waals surface area contributed by atoms with E-state index >= 15 is 0 Å². The topological polar surface area (TPSA) is 66.8 Å². The lowest BCUT2D eigenvalue weighted by molar-refractivity contribution is -0.183. The first kappa shape index (κ1) is 16.0. The van der Waals surface area contributed by atoms with Crippen molar-refractivity contribution in [1.29, 1.82) is 0 Å². The molecule has 0 saturated heterocycles. The summed E-state index contributed by atoms with van der Waals surface area (Å²) in [5, 5.41) is 19.3. The number of carbonyl (C=O) groups is 1. The van der Waals surface area contributed by atoms with Gasteiger partial charge in [0.2, 0.25) is 0 Å². The monoisotopic (exact) mass is 330 g/mol. The molecule has 1 atom stereocenters. The molecular formula is C14H19BrO4. The van der Waals surface area contributed by atoms with Crippen LogP contribution in [-0.2, 0) is 15.1 Å². The predicted octanol–water partition coefficient (Wildman–Crippen LogP) is 3.58. The van der Waals surface area contributed by atoms with Gasteiger partial charge in [-0.2, -0.15) is 0 Å². The molecule has 0 aliphatic heterocycles. The van der Waals surface area contributed by atoms with Crippen LogP contribution in [0.3, 0.4) is 0 Å². The second-order valence-corrected chi connectivity index (χ2v) is 6.44. The number of aromatic hydroxyl groups is 1. The lowest BCUT2D eigenvalue weighted by Crippen LogP contribution is -2.42. The summed E-state index contributed by atoms with van der Waals surface area (Å²) in [6, 6.07) is 3.19. The average molecular weight is 331 g/mol. The van der Waals surface area contributed by atoms with Crippen molar-refractivity contribution >= 4 is 21.9 Å². The molecule has 2 N–H and O–H groups in total. The maximum atomic E-state index is 11.7. The molecule has 4 nitrogen and oxygen atoms in total. The van der Waals surface area contributed by atoms with E-state index in [1.807, 2.05) is 0 Å². The summed E-state index contributed by atoms with van der Waals surface area (Å²) in [5.74, 6) is -1.11. The fourth-order valence-corrected chi connectivity index (χ4v) is 2.88. The molecule has 1 unspecified atom stereocenters. The number of carboxylic acids is 1. The summed E-state index contributed by atoms with van der Waals surface area (Å²) < 4.78 is 6.10. The Balaban J connectivity index is 3.52. The minimum absolute atomic E-state index is 0.00872. The van der Waals surface area contributed by atoms with E-state index in [9.17, 15) is 15.0 Å². The van der Waals surface area contributed by atoms with Gasteiger partial charge in [-0.1, -0.05) is 6.07 Å². The van der Waals surface area contributed by atoms with Crippen molar-refractivity contribution in [2.45, 2.75) is 45.8 Å². The van der Waals surface area contributed by atoms with Crippen molar-refractivity contribution in [1.82, 2.24) is 0 Å². The second kappa shape index (κ2) is 5.13. The second-order valence-electron chi connectivity index (χ2n) is 5.64. The van der Waals surface area contributed by atoms with Crippen molar-refractivity contribution in [3.63, 3.8) is 0 Å². The molecular weight excluding hydrogens is 312 g/mol. The van der Waals surface area contributed by atoms with Gasteiger partial charge in [0.05, 0.1) is 10.1 Å². The Hall–Kier alpha value is -1.07. The quantitative estimate of drug-likeness (QED) is 0.888. The molecule has 1 rings (SSSR count). The van der Waals surface area contributed by atoms with E-state index < -0.39 is 17.2 Å². The molecule has 0 aromatic heterocycles. The number of rotatable bonds is 3. The standard InChI is InChI=1S/C14H19BrO4/c1-8-6-7-9(16)11(15)10(8)14(5,12(17)18)19-13(2,3)4/h6-7,16H,1-5H3,(H,17,18). The van der Waals surface area contributed by atoms with Crippen molar-refractivity contribution in [3.8, 4) is 5.75 Å². The molecule has 1 aromatic rings. The number of halogens is 1. The highest BCUT2D eigenvalue weighted by Gasteiger charge is 2.43. The van der Waals surface area contributed by atoms with Crippen LogP contribution >= 0.6 is 15.9 Å². The van der Waals surface area contributed by atoms with Gasteiger partial charge in [-0.25, -0.2) is 4.79 Å². The number of aliphatic carboxylic acids is 1. The van der Waals surface area contributed by atoms with Crippen LogP contribution in [0, 0.1) is 6.92 Å². The van der Waals surface area contributed by atoms with Crippen molar-refractivity contribution in [2.24, 2.45) is 0 Å². The number of phenols is 1. The van der Waals surface area contributed by atoms with Gasteiger partial charge in [-0.05, 0) is 62.2 Å². The van der Waals surface area contributed by atoms with Crippen molar-refractivity contribution in [2.75, 3.05) is 0 Å². The Kier molecular flexibility index (Phi) is 4.32. The van der Waals surface area contributed by atoms with E-state index in [4.69, 9.17) is 4.74 Å². The maximum absolute atomic E-state index is 11.7. The average Bonchev–Trinajstić information content (AvgIpc) is 2.21. The van der Waals surface area contributed by atoms with E-state index in [-0.39, 0.29) is 5.75 Å². The molecule has 0 saturated carbocycles. The number of hydrogen-bond acceptors (Lipinski definition) is 3. The Morgan fingerprint density at radius 1 is 1.26 bits per heavy atom. The zero-order valence-corrected chi connectivity index (χ0v) is 13.3. The third-order valence-electron chi connectivity index (χ3n) is 2.73. The minimum atomic E-state index is -1.54. The predicted molar refractivity (Wildman–Crippen MR) is 76.4 cm³/mol. The normalized spacial score (nSPS) is 15.1.